The molecule has 1 aliphatic heterocycles. The highest BCUT2D eigenvalue weighted by Gasteiger charge is 2.45. The molecule has 1 aliphatic rings. The van der Waals surface area contributed by atoms with Crippen LogP contribution in [0.2, 0.25) is 0 Å². The molecule has 5 nitrogen and oxygen atoms in total. The molecule has 2 N–H and O–H groups in total. The van der Waals surface area contributed by atoms with Crippen molar-refractivity contribution >= 4 is 27.9 Å². The lowest BCUT2D eigenvalue weighted by molar-refractivity contribution is -0.128. The van der Waals surface area contributed by atoms with Crippen LogP contribution in [0, 0.1) is 0 Å². The number of hydrogen-bond donors (Lipinski definition) is 2. The highest BCUT2D eigenvalue weighted by atomic mass is 79.9. The Labute approximate surface area is 84.3 Å². The van der Waals surface area contributed by atoms with Crippen LogP contribution in [0.25, 0.3) is 0 Å². The molecule has 2 unspecified atom stereocenters. The maximum Gasteiger partial charge on any atom is 0.323 e. The Kier molecular flexibility index (Phi) is 2.92. The van der Waals surface area contributed by atoms with E-state index in [9.17, 15) is 9.59 Å². The van der Waals surface area contributed by atoms with E-state index in [1.165, 1.54) is 0 Å². The summed E-state index contributed by atoms with van der Waals surface area (Å²) in [6, 6.07) is -0.527. The normalized spacial score (nSPS) is 33.9. The summed E-state index contributed by atoms with van der Waals surface area (Å²) in [5, 5.41) is 4.64. The standard InChI is InChI=1S/C7H11BrN2O3/c1-3-13-5-7(2,8)4(11)9-6(12)10-5/h5H,3H2,1-2H3,(H2,9,10,11,12). The molecule has 0 aromatic rings. The first kappa shape index (κ1) is 10.5. The second-order valence-corrected chi connectivity index (χ2v) is 4.49. The fraction of sp³-hybridized carbons (Fsp3) is 0.714. The molecule has 0 aromatic heterocycles. The third kappa shape index (κ3) is 2.00. The zero-order valence-electron chi connectivity index (χ0n) is 7.39. The van der Waals surface area contributed by atoms with Crippen molar-refractivity contribution in [1.29, 1.82) is 0 Å². The quantitative estimate of drug-likeness (QED) is 0.695. The fourth-order valence-corrected chi connectivity index (χ4v) is 1.35. The van der Waals surface area contributed by atoms with E-state index in [2.05, 4.69) is 26.6 Å². The van der Waals surface area contributed by atoms with E-state index >= 15 is 0 Å². The molecular weight excluding hydrogens is 240 g/mol. The van der Waals surface area contributed by atoms with Crippen molar-refractivity contribution in [2.75, 3.05) is 6.61 Å². The maximum atomic E-state index is 11.3. The molecular formula is C7H11BrN2O3. The number of nitrogens with one attached hydrogen (secondary N) is 2. The molecule has 0 aliphatic carbocycles. The van der Waals surface area contributed by atoms with Crippen LogP contribution in [0.4, 0.5) is 4.79 Å². The van der Waals surface area contributed by atoms with Crippen molar-refractivity contribution in [2.45, 2.75) is 24.4 Å². The minimum absolute atomic E-state index is 0.394. The molecule has 74 valence electrons. The maximum absolute atomic E-state index is 11.3. The average Bonchev–Trinajstić information content (AvgIpc) is 2.01. The first-order chi connectivity index (χ1) is 5.98. The topological polar surface area (TPSA) is 67.4 Å². The van der Waals surface area contributed by atoms with Gasteiger partial charge in [0.25, 0.3) is 0 Å². The fourth-order valence-electron chi connectivity index (χ4n) is 1.000. The number of imide groups is 1. The van der Waals surface area contributed by atoms with Crippen LogP contribution in [0.3, 0.4) is 0 Å². The van der Waals surface area contributed by atoms with Gasteiger partial charge in [-0.25, -0.2) is 4.79 Å². The van der Waals surface area contributed by atoms with Crippen LogP contribution in [0.5, 0.6) is 0 Å². The van der Waals surface area contributed by atoms with Crippen LogP contribution in [0.15, 0.2) is 0 Å². The van der Waals surface area contributed by atoms with Gasteiger partial charge in [-0.3, -0.25) is 10.1 Å². The number of carbonyl (C=O) groups is 2. The zero-order chi connectivity index (χ0) is 10.1. The molecule has 3 amide bonds. The number of hydrogen-bond acceptors (Lipinski definition) is 3. The molecule has 0 saturated carbocycles. The van der Waals surface area contributed by atoms with Gasteiger partial charge in [0.2, 0.25) is 5.91 Å². The molecule has 0 bridgehead atoms. The summed E-state index contributed by atoms with van der Waals surface area (Å²) in [5.41, 5.74) is 0. The number of rotatable bonds is 2. The molecule has 1 rings (SSSR count). The summed E-state index contributed by atoms with van der Waals surface area (Å²) in [5.74, 6) is -0.394. The molecule has 0 radical (unpaired) electrons. The summed E-state index contributed by atoms with van der Waals surface area (Å²) in [4.78, 5) is 22.2. The van der Waals surface area contributed by atoms with Crippen molar-refractivity contribution in [3.8, 4) is 0 Å². The number of ether oxygens (including phenoxy) is 1. The van der Waals surface area contributed by atoms with Gasteiger partial charge in [-0.05, 0) is 13.8 Å². The lowest BCUT2D eigenvalue weighted by Gasteiger charge is -2.35. The molecule has 6 heteroatoms. The smallest absolute Gasteiger partial charge is 0.323 e. The van der Waals surface area contributed by atoms with Crippen molar-refractivity contribution < 1.29 is 14.3 Å². The van der Waals surface area contributed by atoms with Crippen molar-refractivity contribution in [3.63, 3.8) is 0 Å². The summed E-state index contributed by atoms with van der Waals surface area (Å²) >= 11 is 3.20. The number of carbonyl (C=O) groups excluding carboxylic acids is 2. The first-order valence-electron chi connectivity index (χ1n) is 3.91. The minimum atomic E-state index is -0.906. The predicted molar refractivity (Wildman–Crippen MR) is 49.4 cm³/mol. The van der Waals surface area contributed by atoms with E-state index in [1.807, 2.05) is 0 Å². The Balaban J connectivity index is 2.78. The van der Waals surface area contributed by atoms with Crippen molar-refractivity contribution in [1.82, 2.24) is 10.6 Å². The summed E-state index contributed by atoms with van der Waals surface area (Å²) in [7, 11) is 0. The van der Waals surface area contributed by atoms with Gasteiger partial charge in [0.1, 0.15) is 4.32 Å². The largest absolute Gasteiger partial charge is 0.357 e. The molecule has 0 spiro atoms. The lowest BCUT2D eigenvalue weighted by atomic mass is 10.1. The van der Waals surface area contributed by atoms with Gasteiger partial charge in [-0.1, -0.05) is 15.9 Å². The summed E-state index contributed by atoms with van der Waals surface area (Å²) in [6.07, 6.45) is -0.626. The second kappa shape index (κ2) is 3.63. The van der Waals surface area contributed by atoms with Crippen LogP contribution in [0.1, 0.15) is 13.8 Å². The monoisotopic (exact) mass is 250 g/mol. The number of amides is 3. The molecule has 1 saturated heterocycles. The lowest BCUT2D eigenvalue weighted by Crippen LogP contribution is -2.65. The van der Waals surface area contributed by atoms with Crippen LogP contribution < -0.4 is 10.6 Å². The Morgan fingerprint density at radius 3 is 2.77 bits per heavy atom. The number of urea groups is 1. The highest BCUT2D eigenvalue weighted by Crippen LogP contribution is 2.25. The third-order valence-corrected chi connectivity index (χ3v) is 2.53. The van der Waals surface area contributed by atoms with Crippen molar-refractivity contribution in [2.24, 2.45) is 0 Å². The van der Waals surface area contributed by atoms with Gasteiger partial charge >= 0.3 is 6.03 Å². The Morgan fingerprint density at radius 1 is 1.62 bits per heavy atom. The average molecular weight is 251 g/mol. The molecule has 1 heterocycles. The highest BCUT2D eigenvalue weighted by molar-refractivity contribution is 9.10. The number of alkyl halides is 1. The van der Waals surface area contributed by atoms with Crippen LogP contribution in [-0.4, -0.2) is 29.1 Å². The van der Waals surface area contributed by atoms with Gasteiger partial charge in [0, 0.05) is 6.61 Å². The Hall–Kier alpha value is -0.620. The minimum Gasteiger partial charge on any atom is -0.357 e. The van der Waals surface area contributed by atoms with E-state index in [-0.39, 0.29) is 0 Å². The second-order valence-electron chi connectivity index (χ2n) is 2.84. The van der Waals surface area contributed by atoms with Gasteiger partial charge in [-0.2, -0.15) is 0 Å². The van der Waals surface area contributed by atoms with E-state index in [0.29, 0.717) is 6.61 Å². The van der Waals surface area contributed by atoms with Crippen LogP contribution >= 0.6 is 15.9 Å². The summed E-state index contributed by atoms with van der Waals surface area (Å²) < 4.78 is 4.29. The van der Waals surface area contributed by atoms with E-state index < -0.39 is 22.5 Å². The predicted octanol–water partition coefficient (Wildman–Crippen LogP) is 0.342. The Morgan fingerprint density at radius 2 is 2.23 bits per heavy atom. The zero-order valence-corrected chi connectivity index (χ0v) is 8.97. The molecule has 0 aromatic carbocycles. The van der Waals surface area contributed by atoms with E-state index in [4.69, 9.17) is 4.74 Å². The SMILES string of the molecule is CCOC1NC(=O)NC(=O)C1(C)Br. The first-order valence-corrected chi connectivity index (χ1v) is 4.70. The molecule has 1 fully saturated rings. The van der Waals surface area contributed by atoms with Gasteiger partial charge < -0.3 is 10.1 Å². The Bertz CT molecular complexity index is 242. The number of halogens is 1. The molecule has 13 heavy (non-hydrogen) atoms. The van der Waals surface area contributed by atoms with Crippen LogP contribution in [-0.2, 0) is 9.53 Å². The van der Waals surface area contributed by atoms with Gasteiger partial charge in [0.05, 0.1) is 0 Å². The van der Waals surface area contributed by atoms with E-state index in [1.54, 1.807) is 13.8 Å². The van der Waals surface area contributed by atoms with Gasteiger partial charge in [-0.15, -0.1) is 0 Å². The molecule has 2 atom stereocenters. The summed E-state index contributed by atoms with van der Waals surface area (Å²) in [6.45, 7) is 3.86. The van der Waals surface area contributed by atoms with E-state index in [0.717, 1.165) is 0 Å². The van der Waals surface area contributed by atoms with Gasteiger partial charge in [0.15, 0.2) is 6.23 Å². The third-order valence-electron chi connectivity index (χ3n) is 1.76. The van der Waals surface area contributed by atoms with Crippen molar-refractivity contribution in [3.05, 3.63) is 0 Å².